The van der Waals surface area contributed by atoms with Crippen LogP contribution in [0.25, 0.3) is 11.0 Å². The topological polar surface area (TPSA) is 129 Å². The summed E-state index contributed by atoms with van der Waals surface area (Å²) in [5.74, 6) is -6.30. The lowest BCUT2D eigenvalue weighted by Gasteiger charge is -2.35. The highest BCUT2D eigenvalue weighted by Crippen LogP contribution is 2.54. The van der Waals surface area contributed by atoms with Gasteiger partial charge in [-0.3, -0.25) is 9.52 Å². The number of sulfonamides is 1. The average Bonchev–Trinajstić information content (AvgIpc) is 3.53. The standard InChI is InChI=1S/C25H27F5N6O4S/c26-24(27,25(28,29)30)15-36-21-16(14-31-36)1-4-20(32-21)33-22(38)18-3-2-17(34-41(39,40)12-11-37)13-19(18)35-9-7-23(5-6-23)8-10-35/h1-4,13-14,34,37H,5-12,15H2,(H,32,33,38). The zero-order valence-corrected chi connectivity index (χ0v) is 22.4. The van der Waals surface area contributed by atoms with Gasteiger partial charge in [0.05, 0.1) is 35.5 Å². The Morgan fingerprint density at radius 2 is 1.76 bits per heavy atom. The Morgan fingerprint density at radius 1 is 1.05 bits per heavy atom. The summed E-state index contributed by atoms with van der Waals surface area (Å²) < 4.78 is 92.8. The monoisotopic (exact) mass is 602 g/mol. The lowest BCUT2D eigenvalue weighted by atomic mass is 9.93. The summed E-state index contributed by atoms with van der Waals surface area (Å²) in [6, 6.07) is 7.09. The Morgan fingerprint density at radius 3 is 2.39 bits per heavy atom. The molecule has 16 heteroatoms. The average molecular weight is 603 g/mol. The molecule has 41 heavy (non-hydrogen) atoms. The number of aromatic nitrogens is 3. The van der Waals surface area contributed by atoms with Gasteiger partial charge in [0.2, 0.25) is 10.0 Å². The molecule has 222 valence electrons. The molecule has 5 rings (SSSR count). The molecule has 0 unspecified atom stereocenters. The molecule has 3 heterocycles. The fourth-order valence-electron chi connectivity index (χ4n) is 4.90. The van der Waals surface area contributed by atoms with E-state index in [1.54, 1.807) is 0 Å². The number of benzene rings is 1. The first-order valence-corrected chi connectivity index (χ1v) is 14.5. The van der Waals surface area contributed by atoms with Crippen LogP contribution >= 0.6 is 0 Å². The van der Waals surface area contributed by atoms with Gasteiger partial charge in [0, 0.05) is 18.5 Å². The molecule has 1 saturated carbocycles. The molecule has 1 aliphatic carbocycles. The minimum Gasteiger partial charge on any atom is -0.395 e. The van der Waals surface area contributed by atoms with Gasteiger partial charge in [-0.15, -0.1) is 0 Å². The minimum atomic E-state index is -5.78. The van der Waals surface area contributed by atoms with Gasteiger partial charge in [-0.05, 0) is 61.4 Å². The van der Waals surface area contributed by atoms with Crippen molar-refractivity contribution in [3.05, 3.63) is 42.1 Å². The van der Waals surface area contributed by atoms with Gasteiger partial charge in [0.1, 0.15) is 12.4 Å². The number of piperidine rings is 1. The number of amides is 1. The summed E-state index contributed by atoms with van der Waals surface area (Å²) in [5, 5.41) is 15.4. The quantitative estimate of drug-likeness (QED) is 0.316. The number of hydrogen-bond acceptors (Lipinski definition) is 7. The van der Waals surface area contributed by atoms with Crippen molar-refractivity contribution >= 4 is 44.2 Å². The lowest BCUT2D eigenvalue weighted by molar-refractivity contribution is -0.287. The maximum atomic E-state index is 13.7. The highest BCUT2D eigenvalue weighted by atomic mass is 32.2. The number of nitrogens with one attached hydrogen (secondary N) is 2. The smallest absolute Gasteiger partial charge is 0.395 e. The molecule has 2 aliphatic rings. The number of rotatable bonds is 9. The van der Waals surface area contributed by atoms with Crippen LogP contribution in [0.4, 0.5) is 39.1 Å². The van der Waals surface area contributed by atoms with Crippen LogP contribution in [0.2, 0.25) is 0 Å². The first-order valence-electron chi connectivity index (χ1n) is 12.8. The zero-order valence-electron chi connectivity index (χ0n) is 21.6. The second-order valence-corrected chi connectivity index (χ2v) is 12.3. The molecule has 1 saturated heterocycles. The molecule has 1 aliphatic heterocycles. The fourth-order valence-corrected chi connectivity index (χ4v) is 5.73. The van der Waals surface area contributed by atoms with Crippen LogP contribution in [0.1, 0.15) is 36.0 Å². The molecule has 1 aromatic carbocycles. The maximum absolute atomic E-state index is 13.7. The van der Waals surface area contributed by atoms with Crippen LogP contribution in [0.15, 0.2) is 36.5 Å². The zero-order chi connectivity index (χ0) is 29.6. The number of nitrogens with zero attached hydrogens (tertiary/aromatic N) is 4. The highest BCUT2D eigenvalue weighted by Gasteiger charge is 2.58. The molecule has 0 bridgehead atoms. The maximum Gasteiger partial charge on any atom is 0.455 e. The summed E-state index contributed by atoms with van der Waals surface area (Å²) in [4.78, 5) is 19.4. The van der Waals surface area contributed by atoms with Crippen LogP contribution in [0.3, 0.4) is 0 Å². The summed E-state index contributed by atoms with van der Waals surface area (Å²) in [6.45, 7) is -1.06. The molecule has 0 radical (unpaired) electrons. The molecule has 1 amide bonds. The number of fused-ring (bicyclic) bond motifs is 1. The van der Waals surface area contributed by atoms with Crippen molar-refractivity contribution in [2.45, 2.75) is 44.3 Å². The van der Waals surface area contributed by atoms with Gasteiger partial charge in [-0.1, -0.05) is 0 Å². The van der Waals surface area contributed by atoms with Crippen molar-refractivity contribution in [1.82, 2.24) is 14.8 Å². The number of carbonyl (C=O) groups excluding carboxylic acids is 1. The third-order valence-corrected chi connectivity index (χ3v) is 8.76. The van der Waals surface area contributed by atoms with Gasteiger partial charge < -0.3 is 15.3 Å². The van der Waals surface area contributed by atoms with E-state index in [-0.39, 0.29) is 28.1 Å². The third kappa shape index (κ3) is 6.22. The largest absolute Gasteiger partial charge is 0.455 e. The van der Waals surface area contributed by atoms with E-state index < -0.39 is 46.9 Å². The van der Waals surface area contributed by atoms with Gasteiger partial charge in [0.15, 0.2) is 5.65 Å². The first-order chi connectivity index (χ1) is 19.2. The number of carbonyl (C=O) groups is 1. The minimum absolute atomic E-state index is 0.103. The lowest BCUT2D eigenvalue weighted by Crippen LogP contribution is -2.40. The normalized spacial score (nSPS) is 17.2. The second kappa shape index (κ2) is 10.4. The summed E-state index contributed by atoms with van der Waals surface area (Å²) >= 11 is 0. The predicted molar refractivity (Wildman–Crippen MR) is 141 cm³/mol. The van der Waals surface area contributed by atoms with Crippen molar-refractivity contribution in [1.29, 1.82) is 0 Å². The van der Waals surface area contributed by atoms with Crippen LogP contribution in [-0.4, -0.2) is 71.7 Å². The molecule has 0 atom stereocenters. The van der Waals surface area contributed by atoms with Crippen molar-refractivity contribution in [2.75, 3.05) is 40.4 Å². The van der Waals surface area contributed by atoms with Crippen LogP contribution in [0.5, 0.6) is 0 Å². The van der Waals surface area contributed by atoms with E-state index in [1.807, 2.05) is 4.90 Å². The van der Waals surface area contributed by atoms with Gasteiger partial charge >= 0.3 is 12.1 Å². The Hall–Kier alpha value is -3.53. The van der Waals surface area contributed by atoms with E-state index >= 15 is 0 Å². The Labute approximate surface area is 231 Å². The van der Waals surface area contributed by atoms with Crippen molar-refractivity contribution in [3.8, 4) is 0 Å². The fraction of sp³-hybridized carbons (Fsp3) is 0.480. The molecular weight excluding hydrogens is 575 g/mol. The van der Waals surface area contributed by atoms with E-state index in [9.17, 15) is 35.2 Å². The van der Waals surface area contributed by atoms with Crippen LogP contribution in [-0.2, 0) is 16.6 Å². The number of anilines is 3. The Bertz CT molecular complexity index is 1560. The third-order valence-electron chi connectivity index (χ3n) is 7.49. The summed E-state index contributed by atoms with van der Waals surface area (Å²) in [7, 11) is -3.83. The predicted octanol–water partition coefficient (Wildman–Crippen LogP) is 4.00. The number of aliphatic hydroxyl groups excluding tert-OH is 1. The Kier molecular flexibility index (Phi) is 7.34. The van der Waals surface area contributed by atoms with Gasteiger partial charge in [-0.2, -0.15) is 27.1 Å². The molecule has 1 spiro atoms. The first kappa shape index (κ1) is 29.0. The SMILES string of the molecule is O=C(Nc1ccc2cnn(CC(F)(F)C(F)(F)F)c2n1)c1ccc(NS(=O)(=O)CCO)cc1N1CCC2(CC1)CC2. The summed E-state index contributed by atoms with van der Waals surface area (Å²) in [6.07, 6.45) is -0.556. The second-order valence-electron chi connectivity index (χ2n) is 10.4. The molecule has 2 aromatic heterocycles. The van der Waals surface area contributed by atoms with Crippen molar-refractivity contribution in [3.63, 3.8) is 0 Å². The van der Waals surface area contributed by atoms with Gasteiger partial charge in [-0.25, -0.2) is 18.1 Å². The van der Waals surface area contributed by atoms with E-state index in [2.05, 4.69) is 20.1 Å². The molecule has 3 aromatic rings. The van der Waals surface area contributed by atoms with E-state index in [0.717, 1.165) is 31.9 Å². The van der Waals surface area contributed by atoms with E-state index in [1.165, 1.54) is 30.3 Å². The molecule has 2 fully saturated rings. The van der Waals surface area contributed by atoms with Crippen LogP contribution in [0, 0.1) is 5.41 Å². The molecule has 10 nitrogen and oxygen atoms in total. The highest BCUT2D eigenvalue weighted by molar-refractivity contribution is 7.92. The number of pyridine rings is 1. The molecule has 3 N–H and O–H groups in total. The van der Waals surface area contributed by atoms with Crippen molar-refractivity contribution in [2.24, 2.45) is 5.41 Å². The molecular formula is C25H27F5N6O4S. The number of halogens is 5. The van der Waals surface area contributed by atoms with E-state index in [4.69, 9.17) is 5.11 Å². The number of aliphatic hydroxyl groups is 1. The van der Waals surface area contributed by atoms with E-state index in [0.29, 0.717) is 28.9 Å². The Balaban J connectivity index is 1.42. The number of hydrogen-bond donors (Lipinski definition) is 3. The van der Waals surface area contributed by atoms with Crippen molar-refractivity contribution < 1.29 is 40.3 Å². The number of alkyl halides is 5. The van der Waals surface area contributed by atoms with Crippen LogP contribution < -0.4 is 14.9 Å². The summed E-state index contributed by atoms with van der Waals surface area (Å²) in [5.41, 5.74) is 0.890. The van der Waals surface area contributed by atoms with Gasteiger partial charge in [0.25, 0.3) is 5.91 Å².